The first-order chi connectivity index (χ1) is 11.0. The highest BCUT2D eigenvalue weighted by Gasteiger charge is 2.26. The van der Waals surface area contributed by atoms with Crippen LogP contribution >= 0.6 is 0 Å². The van der Waals surface area contributed by atoms with Gasteiger partial charge in [0.05, 0.1) is 23.1 Å². The van der Waals surface area contributed by atoms with Gasteiger partial charge in [-0.3, -0.25) is 4.79 Å². The fourth-order valence-electron chi connectivity index (χ4n) is 2.35. The summed E-state index contributed by atoms with van der Waals surface area (Å²) in [4.78, 5) is 25.0. The molecule has 0 aliphatic rings. The topological polar surface area (TPSA) is 75.4 Å². The van der Waals surface area contributed by atoms with Crippen LogP contribution in [0.25, 0.3) is 5.69 Å². The van der Waals surface area contributed by atoms with E-state index in [1.807, 2.05) is 37.3 Å². The van der Waals surface area contributed by atoms with Crippen molar-refractivity contribution in [1.29, 1.82) is 0 Å². The van der Waals surface area contributed by atoms with Gasteiger partial charge in [0.15, 0.2) is 0 Å². The van der Waals surface area contributed by atoms with E-state index < -0.39 is 12.0 Å². The number of nitrogens with zero attached hydrogens (tertiary/aromatic N) is 3. The van der Waals surface area contributed by atoms with E-state index in [9.17, 15) is 9.59 Å². The van der Waals surface area contributed by atoms with Crippen molar-refractivity contribution in [3.63, 3.8) is 0 Å². The van der Waals surface area contributed by atoms with Gasteiger partial charge in [-0.15, -0.1) is 0 Å². The number of hydrogen-bond acceptors (Lipinski definition) is 3. The Bertz CT molecular complexity index is 694. The SMILES string of the molecule is CCCc1c(C(=O)N(C)C(C)C(=O)O)cnn1-c1ccccc1. The van der Waals surface area contributed by atoms with Gasteiger partial charge in [-0.1, -0.05) is 31.5 Å². The smallest absolute Gasteiger partial charge is 0.326 e. The molecule has 6 heteroatoms. The summed E-state index contributed by atoms with van der Waals surface area (Å²) in [5, 5.41) is 13.4. The standard InChI is InChI=1S/C17H21N3O3/c1-4-8-15-14(16(21)19(3)12(2)17(22)23)11-18-20(15)13-9-6-5-7-10-13/h5-7,9-12H,4,8H2,1-3H3,(H,22,23). The van der Waals surface area contributed by atoms with Gasteiger partial charge in [0.25, 0.3) is 5.91 Å². The highest BCUT2D eigenvalue weighted by Crippen LogP contribution is 2.19. The van der Waals surface area contributed by atoms with Crippen molar-refractivity contribution in [3.05, 3.63) is 47.8 Å². The summed E-state index contributed by atoms with van der Waals surface area (Å²) in [6.07, 6.45) is 3.06. The second-order valence-corrected chi connectivity index (χ2v) is 5.43. The van der Waals surface area contributed by atoms with Gasteiger partial charge >= 0.3 is 5.97 Å². The van der Waals surface area contributed by atoms with Crippen molar-refractivity contribution < 1.29 is 14.7 Å². The number of rotatable bonds is 6. The number of carbonyl (C=O) groups is 2. The third-order valence-corrected chi connectivity index (χ3v) is 3.85. The molecule has 2 aromatic rings. The lowest BCUT2D eigenvalue weighted by Gasteiger charge is -2.21. The number of benzene rings is 1. The molecule has 0 saturated heterocycles. The van der Waals surface area contributed by atoms with Gasteiger partial charge < -0.3 is 10.0 Å². The van der Waals surface area contributed by atoms with Crippen LogP contribution in [0.4, 0.5) is 0 Å². The average molecular weight is 315 g/mol. The highest BCUT2D eigenvalue weighted by molar-refractivity contribution is 5.97. The summed E-state index contributed by atoms with van der Waals surface area (Å²) < 4.78 is 1.75. The average Bonchev–Trinajstić information content (AvgIpc) is 2.97. The van der Waals surface area contributed by atoms with Crippen LogP contribution in [0.5, 0.6) is 0 Å². The lowest BCUT2D eigenvalue weighted by molar-refractivity contribution is -0.141. The lowest BCUT2D eigenvalue weighted by Crippen LogP contribution is -2.40. The summed E-state index contributed by atoms with van der Waals surface area (Å²) in [5.74, 6) is -1.36. The number of carbonyl (C=O) groups excluding carboxylic acids is 1. The van der Waals surface area contributed by atoms with Crippen LogP contribution in [-0.4, -0.2) is 44.8 Å². The molecule has 1 unspecified atom stereocenters. The molecule has 1 amide bonds. The molecular weight excluding hydrogens is 294 g/mol. The van der Waals surface area contributed by atoms with E-state index in [4.69, 9.17) is 5.11 Å². The molecule has 1 aromatic heterocycles. The quantitative estimate of drug-likeness (QED) is 0.888. The van der Waals surface area contributed by atoms with E-state index in [1.165, 1.54) is 25.1 Å². The van der Waals surface area contributed by atoms with Crippen LogP contribution in [0.2, 0.25) is 0 Å². The van der Waals surface area contributed by atoms with E-state index >= 15 is 0 Å². The first kappa shape index (κ1) is 16.7. The Morgan fingerprint density at radius 1 is 1.30 bits per heavy atom. The van der Waals surface area contributed by atoms with Crippen LogP contribution in [0.1, 0.15) is 36.3 Å². The highest BCUT2D eigenvalue weighted by atomic mass is 16.4. The Hall–Kier alpha value is -2.63. The monoisotopic (exact) mass is 315 g/mol. The van der Waals surface area contributed by atoms with Gasteiger partial charge in [0.1, 0.15) is 6.04 Å². The molecule has 1 atom stereocenters. The fourth-order valence-corrected chi connectivity index (χ4v) is 2.35. The van der Waals surface area contributed by atoms with Gasteiger partial charge in [-0.05, 0) is 25.5 Å². The van der Waals surface area contributed by atoms with Crippen LogP contribution in [0.3, 0.4) is 0 Å². The Balaban J connectivity index is 2.42. The van der Waals surface area contributed by atoms with Crippen molar-refractivity contribution in [3.8, 4) is 5.69 Å². The first-order valence-corrected chi connectivity index (χ1v) is 7.59. The molecule has 0 aliphatic carbocycles. The van der Waals surface area contributed by atoms with Gasteiger partial charge in [0.2, 0.25) is 0 Å². The predicted molar refractivity (Wildman–Crippen MR) is 86.8 cm³/mol. The normalized spacial score (nSPS) is 12.0. The molecule has 0 bridgehead atoms. The number of para-hydroxylation sites is 1. The van der Waals surface area contributed by atoms with Crippen LogP contribution in [0, 0.1) is 0 Å². The molecule has 1 N–H and O–H groups in total. The zero-order valence-electron chi connectivity index (χ0n) is 13.6. The third kappa shape index (κ3) is 3.41. The number of carboxylic acid groups (broad SMARTS) is 1. The Kier molecular flexibility index (Phi) is 5.16. The number of amides is 1. The predicted octanol–water partition coefficient (Wildman–Crippen LogP) is 2.37. The molecule has 1 heterocycles. The minimum atomic E-state index is -1.03. The van der Waals surface area contributed by atoms with Crippen molar-refractivity contribution >= 4 is 11.9 Å². The molecule has 1 aromatic carbocycles. The second-order valence-electron chi connectivity index (χ2n) is 5.43. The summed E-state index contributed by atoms with van der Waals surface area (Å²) >= 11 is 0. The maximum atomic E-state index is 12.6. The van der Waals surface area contributed by atoms with Gasteiger partial charge in [-0.2, -0.15) is 5.10 Å². The zero-order valence-corrected chi connectivity index (χ0v) is 13.6. The molecule has 0 spiro atoms. The third-order valence-electron chi connectivity index (χ3n) is 3.85. The Labute approximate surface area is 135 Å². The fraction of sp³-hybridized carbons (Fsp3) is 0.353. The molecule has 0 fully saturated rings. The van der Waals surface area contributed by atoms with E-state index in [-0.39, 0.29) is 5.91 Å². The summed E-state index contributed by atoms with van der Waals surface area (Å²) in [6, 6.07) is 8.69. The van der Waals surface area contributed by atoms with Crippen LogP contribution < -0.4 is 0 Å². The molecule has 6 nitrogen and oxygen atoms in total. The Morgan fingerprint density at radius 3 is 2.52 bits per heavy atom. The zero-order chi connectivity index (χ0) is 17.0. The minimum Gasteiger partial charge on any atom is -0.480 e. The van der Waals surface area contributed by atoms with Gasteiger partial charge in [-0.25, -0.2) is 9.48 Å². The van der Waals surface area contributed by atoms with Crippen molar-refractivity contribution in [2.45, 2.75) is 32.7 Å². The van der Waals surface area contributed by atoms with E-state index in [0.29, 0.717) is 12.0 Å². The largest absolute Gasteiger partial charge is 0.480 e. The van der Waals surface area contributed by atoms with Crippen molar-refractivity contribution in [2.24, 2.45) is 0 Å². The summed E-state index contributed by atoms with van der Waals surface area (Å²) in [7, 11) is 1.50. The van der Waals surface area contributed by atoms with E-state index in [1.54, 1.807) is 4.68 Å². The lowest BCUT2D eigenvalue weighted by atomic mass is 10.1. The Morgan fingerprint density at radius 2 is 1.96 bits per heavy atom. The molecule has 122 valence electrons. The van der Waals surface area contributed by atoms with E-state index in [2.05, 4.69) is 5.10 Å². The molecule has 2 rings (SSSR count). The maximum Gasteiger partial charge on any atom is 0.326 e. The second kappa shape index (κ2) is 7.09. The summed E-state index contributed by atoms with van der Waals surface area (Å²) in [6.45, 7) is 3.52. The number of hydrogen-bond donors (Lipinski definition) is 1. The van der Waals surface area contributed by atoms with Crippen molar-refractivity contribution in [2.75, 3.05) is 7.05 Å². The first-order valence-electron chi connectivity index (χ1n) is 7.59. The molecule has 23 heavy (non-hydrogen) atoms. The molecular formula is C17H21N3O3. The van der Waals surface area contributed by atoms with Gasteiger partial charge in [0, 0.05) is 7.05 Å². The number of likely N-dealkylation sites (N-methyl/N-ethyl adjacent to an activating group) is 1. The number of carboxylic acids is 1. The number of aliphatic carboxylic acids is 1. The molecule has 0 radical (unpaired) electrons. The summed E-state index contributed by atoms with van der Waals surface area (Å²) in [5.41, 5.74) is 2.13. The van der Waals surface area contributed by atoms with Crippen molar-refractivity contribution in [1.82, 2.24) is 14.7 Å². The molecule has 0 aliphatic heterocycles. The minimum absolute atomic E-state index is 0.328. The van der Waals surface area contributed by atoms with Crippen LogP contribution in [-0.2, 0) is 11.2 Å². The number of aromatic nitrogens is 2. The molecule has 0 saturated carbocycles. The van der Waals surface area contributed by atoms with E-state index in [0.717, 1.165) is 17.8 Å². The maximum absolute atomic E-state index is 12.6. The van der Waals surface area contributed by atoms with Crippen LogP contribution in [0.15, 0.2) is 36.5 Å².